The number of nitrogens with zero attached hydrogens (tertiary/aromatic N) is 1. The molecule has 20 heavy (non-hydrogen) atoms. The fourth-order valence-corrected chi connectivity index (χ4v) is 2.82. The summed E-state index contributed by atoms with van der Waals surface area (Å²) in [5.41, 5.74) is 1.23. The Balaban J connectivity index is 2.23. The van der Waals surface area contributed by atoms with Crippen molar-refractivity contribution in [2.24, 2.45) is 11.8 Å². The van der Waals surface area contributed by atoms with E-state index in [0.717, 1.165) is 0 Å². The maximum atomic E-state index is 4.20. The van der Waals surface area contributed by atoms with E-state index < -0.39 is 0 Å². The third kappa shape index (κ3) is 3.96. The molecule has 2 aromatic rings. The van der Waals surface area contributed by atoms with E-state index in [0.29, 0.717) is 17.9 Å². The minimum atomic E-state index is 0.536. The lowest BCUT2D eigenvalue weighted by molar-refractivity contribution is 0.442. The number of anilines is 1. The van der Waals surface area contributed by atoms with Gasteiger partial charge in [-0.05, 0) is 36.8 Å². The highest BCUT2D eigenvalue weighted by Crippen LogP contribution is 2.25. The average Bonchev–Trinajstić information content (AvgIpc) is 2.37. The normalized spacial score (nSPS) is 11.8. The molecule has 2 rings (SSSR count). The van der Waals surface area contributed by atoms with E-state index in [-0.39, 0.29) is 0 Å². The number of nitrogens with one attached hydrogen (secondary N) is 1. The number of fused-ring (bicyclic) bond motifs is 1. The summed E-state index contributed by atoms with van der Waals surface area (Å²) in [5.74, 6) is 1.42. The van der Waals surface area contributed by atoms with Gasteiger partial charge < -0.3 is 5.32 Å². The first-order valence-electron chi connectivity index (χ1n) is 7.65. The summed E-state index contributed by atoms with van der Waals surface area (Å²) in [5, 5.41) is 6.22. The second-order valence-electron chi connectivity index (χ2n) is 6.50. The Bertz CT molecular complexity index is 531. The Morgan fingerprint density at radius 3 is 2.35 bits per heavy atom. The molecule has 2 nitrogen and oxygen atoms in total. The molecule has 0 unspecified atom stereocenters. The lowest BCUT2D eigenvalue weighted by atomic mass is 9.95. The van der Waals surface area contributed by atoms with Crippen LogP contribution >= 0.6 is 0 Å². The predicted octanol–water partition coefficient (Wildman–Crippen LogP) is 5.11. The molecule has 0 aliphatic heterocycles. The van der Waals surface area contributed by atoms with Crippen LogP contribution < -0.4 is 5.32 Å². The lowest BCUT2D eigenvalue weighted by Crippen LogP contribution is -2.23. The van der Waals surface area contributed by atoms with Crippen molar-refractivity contribution in [3.05, 3.63) is 36.7 Å². The summed E-state index contributed by atoms with van der Waals surface area (Å²) in [4.78, 5) is 4.20. The van der Waals surface area contributed by atoms with Crippen LogP contribution in [0.5, 0.6) is 0 Å². The highest BCUT2D eigenvalue weighted by Gasteiger charge is 2.13. The van der Waals surface area contributed by atoms with Crippen molar-refractivity contribution < 1.29 is 0 Å². The van der Waals surface area contributed by atoms with Gasteiger partial charge in [0.15, 0.2) is 0 Å². The first kappa shape index (κ1) is 14.8. The summed E-state index contributed by atoms with van der Waals surface area (Å²) < 4.78 is 0. The van der Waals surface area contributed by atoms with Gasteiger partial charge in [-0.25, -0.2) is 0 Å². The van der Waals surface area contributed by atoms with Crippen LogP contribution in [-0.4, -0.2) is 11.0 Å². The third-order valence-electron chi connectivity index (χ3n) is 3.55. The zero-order valence-electron chi connectivity index (χ0n) is 13.1. The summed E-state index contributed by atoms with van der Waals surface area (Å²) in [7, 11) is 0. The molecule has 0 atom stereocenters. The Labute approximate surface area is 122 Å². The minimum Gasteiger partial charge on any atom is -0.382 e. The summed E-state index contributed by atoms with van der Waals surface area (Å²) in [6, 6.07) is 9.03. The van der Waals surface area contributed by atoms with Gasteiger partial charge in [-0.1, -0.05) is 39.8 Å². The van der Waals surface area contributed by atoms with Crippen molar-refractivity contribution in [3.8, 4) is 0 Å². The smallest absolute Gasteiger partial charge is 0.0423 e. The zero-order chi connectivity index (χ0) is 14.5. The van der Waals surface area contributed by atoms with Gasteiger partial charge in [0.1, 0.15) is 0 Å². The number of hydrogen-bond donors (Lipinski definition) is 1. The van der Waals surface area contributed by atoms with Gasteiger partial charge >= 0.3 is 0 Å². The number of benzene rings is 1. The highest BCUT2D eigenvalue weighted by molar-refractivity contribution is 5.93. The molecule has 1 N–H and O–H groups in total. The molecular formula is C18H26N2. The molecule has 0 aliphatic carbocycles. The SMILES string of the molecule is CC(C)CC(CC(C)C)Nc1cccc2cnccc12. The molecule has 0 radical (unpaired) electrons. The van der Waals surface area contributed by atoms with Crippen LogP contribution in [0.2, 0.25) is 0 Å². The van der Waals surface area contributed by atoms with E-state index in [1.54, 1.807) is 0 Å². The molecule has 0 aliphatic rings. The standard InChI is InChI=1S/C18H26N2/c1-13(2)10-16(11-14(3)4)20-18-7-5-6-15-12-19-9-8-17(15)18/h5-9,12-14,16,20H,10-11H2,1-4H3. The van der Waals surface area contributed by atoms with E-state index in [2.05, 4.69) is 62.3 Å². The van der Waals surface area contributed by atoms with Crippen LogP contribution in [0.25, 0.3) is 10.8 Å². The second kappa shape index (κ2) is 6.74. The summed E-state index contributed by atoms with van der Waals surface area (Å²) in [6.45, 7) is 9.17. The van der Waals surface area contributed by atoms with Crippen LogP contribution in [0.4, 0.5) is 5.69 Å². The van der Waals surface area contributed by atoms with E-state index >= 15 is 0 Å². The Morgan fingerprint density at radius 1 is 1.00 bits per heavy atom. The van der Waals surface area contributed by atoms with E-state index in [1.165, 1.54) is 29.3 Å². The quantitative estimate of drug-likeness (QED) is 0.789. The van der Waals surface area contributed by atoms with Crippen LogP contribution in [0.15, 0.2) is 36.7 Å². The van der Waals surface area contributed by atoms with Crippen LogP contribution in [0.3, 0.4) is 0 Å². The Morgan fingerprint density at radius 2 is 1.70 bits per heavy atom. The van der Waals surface area contributed by atoms with E-state index in [9.17, 15) is 0 Å². The number of pyridine rings is 1. The van der Waals surface area contributed by atoms with Gasteiger partial charge in [-0.15, -0.1) is 0 Å². The van der Waals surface area contributed by atoms with Crippen LogP contribution in [0.1, 0.15) is 40.5 Å². The number of hydrogen-bond acceptors (Lipinski definition) is 2. The van der Waals surface area contributed by atoms with Gasteiger partial charge in [0.2, 0.25) is 0 Å². The van der Waals surface area contributed by atoms with Crippen LogP contribution in [-0.2, 0) is 0 Å². The largest absolute Gasteiger partial charge is 0.382 e. The van der Waals surface area contributed by atoms with Crippen LogP contribution in [0, 0.1) is 11.8 Å². The van der Waals surface area contributed by atoms with Gasteiger partial charge in [-0.2, -0.15) is 0 Å². The molecule has 0 saturated carbocycles. The minimum absolute atomic E-state index is 0.536. The third-order valence-corrected chi connectivity index (χ3v) is 3.55. The molecule has 2 heteroatoms. The fraction of sp³-hybridized carbons (Fsp3) is 0.500. The molecule has 0 spiro atoms. The number of aromatic nitrogens is 1. The summed E-state index contributed by atoms with van der Waals surface area (Å²) in [6.07, 6.45) is 6.22. The van der Waals surface area contributed by atoms with Gasteiger partial charge in [0.25, 0.3) is 0 Å². The van der Waals surface area contributed by atoms with E-state index in [1.807, 2.05) is 12.4 Å². The Hall–Kier alpha value is -1.57. The fourth-order valence-electron chi connectivity index (χ4n) is 2.82. The first-order chi connectivity index (χ1) is 9.56. The molecule has 0 amide bonds. The maximum Gasteiger partial charge on any atom is 0.0423 e. The topological polar surface area (TPSA) is 24.9 Å². The maximum absolute atomic E-state index is 4.20. The molecule has 0 saturated heterocycles. The average molecular weight is 270 g/mol. The molecule has 0 fully saturated rings. The zero-order valence-corrected chi connectivity index (χ0v) is 13.1. The van der Waals surface area contributed by atoms with E-state index in [4.69, 9.17) is 0 Å². The molecular weight excluding hydrogens is 244 g/mol. The molecule has 1 heterocycles. The first-order valence-corrected chi connectivity index (χ1v) is 7.65. The molecule has 1 aromatic carbocycles. The highest BCUT2D eigenvalue weighted by atomic mass is 14.9. The Kier molecular flexibility index (Phi) is 4.99. The number of rotatable bonds is 6. The van der Waals surface area contributed by atoms with Crippen molar-refractivity contribution in [2.75, 3.05) is 5.32 Å². The van der Waals surface area contributed by atoms with Crippen molar-refractivity contribution in [1.82, 2.24) is 4.98 Å². The van der Waals surface area contributed by atoms with Crippen molar-refractivity contribution in [2.45, 2.75) is 46.6 Å². The molecule has 1 aromatic heterocycles. The molecule has 0 bridgehead atoms. The monoisotopic (exact) mass is 270 g/mol. The molecule has 108 valence electrons. The van der Waals surface area contributed by atoms with Crippen molar-refractivity contribution in [3.63, 3.8) is 0 Å². The van der Waals surface area contributed by atoms with Gasteiger partial charge in [-0.3, -0.25) is 4.98 Å². The van der Waals surface area contributed by atoms with Gasteiger partial charge in [0, 0.05) is 34.9 Å². The summed E-state index contributed by atoms with van der Waals surface area (Å²) >= 11 is 0. The predicted molar refractivity (Wildman–Crippen MR) is 88.1 cm³/mol. The lowest BCUT2D eigenvalue weighted by Gasteiger charge is -2.24. The van der Waals surface area contributed by atoms with Crippen molar-refractivity contribution >= 4 is 16.5 Å². The van der Waals surface area contributed by atoms with Crippen molar-refractivity contribution in [1.29, 1.82) is 0 Å². The second-order valence-corrected chi connectivity index (χ2v) is 6.50. The van der Waals surface area contributed by atoms with Gasteiger partial charge in [0.05, 0.1) is 0 Å².